The molecule has 0 saturated heterocycles. The van der Waals surface area contributed by atoms with E-state index in [0.29, 0.717) is 16.7 Å². The molecule has 1 heterocycles. The SMILES string of the molecule is COc1ccc(-n2c(SCC(=O)Nc3cc(C(F)(F)F)ccc3Cl)nnc2-c2ccccc2)cc1. The summed E-state index contributed by atoms with van der Waals surface area (Å²) >= 11 is 7.07. The van der Waals surface area contributed by atoms with Gasteiger partial charge in [-0.05, 0) is 42.5 Å². The predicted octanol–water partition coefficient (Wildman–Crippen LogP) is 6.35. The summed E-state index contributed by atoms with van der Waals surface area (Å²) in [4.78, 5) is 12.6. The van der Waals surface area contributed by atoms with Crippen molar-refractivity contribution in [1.82, 2.24) is 14.8 Å². The van der Waals surface area contributed by atoms with Gasteiger partial charge in [0.15, 0.2) is 11.0 Å². The number of alkyl halides is 3. The molecule has 3 aromatic carbocycles. The number of nitrogens with zero attached hydrogens (tertiary/aromatic N) is 3. The molecule has 35 heavy (non-hydrogen) atoms. The molecule has 4 aromatic rings. The van der Waals surface area contributed by atoms with Crippen LogP contribution in [0.25, 0.3) is 17.1 Å². The summed E-state index contributed by atoms with van der Waals surface area (Å²) < 4.78 is 46.1. The van der Waals surface area contributed by atoms with Crippen molar-refractivity contribution in [1.29, 1.82) is 0 Å². The van der Waals surface area contributed by atoms with Gasteiger partial charge in [-0.15, -0.1) is 10.2 Å². The first kappa shape index (κ1) is 24.6. The van der Waals surface area contributed by atoms with Crippen LogP contribution in [0, 0.1) is 0 Å². The Hall–Kier alpha value is -3.50. The fraction of sp³-hybridized carbons (Fsp3) is 0.125. The van der Waals surface area contributed by atoms with E-state index in [9.17, 15) is 18.0 Å². The van der Waals surface area contributed by atoms with Crippen molar-refractivity contribution in [2.75, 3.05) is 18.2 Å². The molecule has 0 radical (unpaired) electrons. The van der Waals surface area contributed by atoms with E-state index in [1.165, 1.54) is 0 Å². The van der Waals surface area contributed by atoms with Crippen LogP contribution in [0.5, 0.6) is 5.75 Å². The van der Waals surface area contributed by atoms with Crippen LogP contribution in [0.15, 0.2) is 78.0 Å². The van der Waals surface area contributed by atoms with Gasteiger partial charge in [0.1, 0.15) is 5.75 Å². The van der Waals surface area contributed by atoms with E-state index in [2.05, 4.69) is 15.5 Å². The molecule has 6 nitrogen and oxygen atoms in total. The number of hydrogen-bond acceptors (Lipinski definition) is 5. The monoisotopic (exact) mass is 518 g/mol. The first-order valence-corrected chi connectivity index (χ1v) is 11.6. The number of nitrogens with one attached hydrogen (secondary N) is 1. The van der Waals surface area contributed by atoms with Crippen molar-refractivity contribution in [3.63, 3.8) is 0 Å². The van der Waals surface area contributed by atoms with Gasteiger partial charge in [-0.2, -0.15) is 13.2 Å². The standard InChI is InChI=1S/C24H18ClF3N4O2S/c1-34-18-10-8-17(9-11-18)32-22(15-5-3-2-4-6-15)30-31-23(32)35-14-21(33)29-20-13-16(24(26,27)28)7-12-19(20)25/h2-13H,14H2,1H3,(H,29,33). The molecule has 0 aliphatic carbocycles. The third-order valence-electron chi connectivity index (χ3n) is 4.90. The molecule has 180 valence electrons. The number of carbonyl (C=O) groups excluding carboxylic acids is 1. The van der Waals surface area contributed by atoms with Crippen LogP contribution in [0.2, 0.25) is 5.02 Å². The quantitative estimate of drug-likeness (QED) is 0.289. The molecule has 0 fully saturated rings. The number of methoxy groups -OCH3 is 1. The Kier molecular flexibility index (Phi) is 7.32. The fourth-order valence-electron chi connectivity index (χ4n) is 3.22. The van der Waals surface area contributed by atoms with Crippen LogP contribution < -0.4 is 10.1 Å². The van der Waals surface area contributed by atoms with Gasteiger partial charge in [-0.25, -0.2) is 0 Å². The number of rotatable bonds is 7. The number of aromatic nitrogens is 3. The zero-order valence-electron chi connectivity index (χ0n) is 18.2. The van der Waals surface area contributed by atoms with Crippen LogP contribution >= 0.6 is 23.4 Å². The first-order chi connectivity index (χ1) is 16.8. The summed E-state index contributed by atoms with van der Waals surface area (Å²) in [5, 5.41) is 11.4. The maximum atomic E-state index is 13.0. The van der Waals surface area contributed by atoms with Crippen molar-refractivity contribution in [3.8, 4) is 22.8 Å². The summed E-state index contributed by atoms with van der Waals surface area (Å²) in [6.45, 7) is 0. The molecule has 4 rings (SSSR count). The molecule has 0 spiro atoms. The highest BCUT2D eigenvalue weighted by molar-refractivity contribution is 7.99. The smallest absolute Gasteiger partial charge is 0.416 e. The number of carbonyl (C=O) groups is 1. The first-order valence-electron chi connectivity index (χ1n) is 10.2. The van der Waals surface area contributed by atoms with Crippen molar-refractivity contribution < 1.29 is 22.7 Å². The number of thioether (sulfide) groups is 1. The Bertz CT molecular complexity index is 1330. The highest BCUT2D eigenvalue weighted by atomic mass is 35.5. The lowest BCUT2D eigenvalue weighted by Gasteiger charge is -2.12. The molecular formula is C24H18ClF3N4O2S. The van der Waals surface area contributed by atoms with E-state index in [1.54, 1.807) is 23.8 Å². The second-order valence-corrected chi connectivity index (χ2v) is 8.58. The topological polar surface area (TPSA) is 69.0 Å². The molecule has 1 N–H and O–H groups in total. The fourth-order valence-corrected chi connectivity index (χ4v) is 4.13. The lowest BCUT2D eigenvalue weighted by atomic mass is 10.2. The van der Waals surface area contributed by atoms with Gasteiger partial charge < -0.3 is 10.1 Å². The summed E-state index contributed by atoms with van der Waals surface area (Å²) in [5.74, 6) is 0.575. The minimum atomic E-state index is -4.55. The van der Waals surface area contributed by atoms with Crippen molar-refractivity contribution in [3.05, 3.63) is 83.4 Å². The molecule has 0 atom stereocenters. The maximum Gasteiger partial charge on any atom is 0.416 e. The molecule has 0 aliphatic heterocycles. The third-order valence-corrected chi connectivity index (χ3v) is 6.15. The second-order valence-electron chi connectivity index (χ2n) is 7.23. The normalized spacial score (nSPS) is 11.3. The molecular weight excluding hydrogens is 501 g/mol. The van der Waals surface area contributed by atoms with Gasteiger partial charge in [0.25, 0.3) is 0 Å². The molecule has 0 saturated carbocycles. The lowest BCUT2D eigenvalue weighted by Crippen LogP contribution is -2.16. The Morgan fingerprint density at radius 1 is 1.06 bits per heavy atom. The van der Waals surface area contributed by atoms with Crippen LogP contribution in [0.3, 0.4) is 0 Å². The van der Waals surface area contributed by atoms with Gasteiger partial charge in [0.05, 0.1) is 29.1 Å². The third kappa shape index (κ3) is 5.77. The predicted molar refractivity (Wildman–Crippen MR) is 129 cm³/mol. The van der Waals surface area contributed by atoms with Crippen molar-refractivity contribution in [2.24, 2.45) is 0 Å². The van der Waals surface area contributed by atoms with E-state index in [-0.39, 0.29) is 16.5 Å². The molecule has 1 amide bonds. The van der Waals surface area contributed by atoms with E-state index < -0.39 is 17.6 Å². The number of amides is 1. The number of hydrogen-bond donors (Lipinski definition) is 1. The molecule has 0 aliphatic rings. The van der Waals surface area contributed by atoms with Crippen molar-refractivity contribution in [2.45, 2.75) is 11.3 Å². The van der Waals surface area contributed by atoms with Gasteiger partial charge in [-0.1, -0.05) is 53.7 Å². The Morgan fingerprint density at radius 3 is 2.43 bits per heavy atom. The Balaban J connectivity index is 1.58. The summed E-state index contributed by atoms with van der Waals surface area (Å²) in [6.07, 6.45) is -4.55. The van der Waals surface area contributed by atoms with E-state index in [0.717, 1.165) is 41.2 Å². The highest BCUT2D eigenvalue weighted by Gasteiger charge is 2.31. The zero-order chi connectivity index (χ0) is 25.0. The van der Waals surface area contributed by atoms with Crippen molar-refractivity contribution >= 4 is 35.0 Å². The van der Waals surface area contributed by atoms with E-state index >= 15 is 0 Å². The van der Waals surface area contributed by atoms with Crippen LogP contribution in [0.4, 0.5) is 18.9 Å². The number of benzene rings is 3. The minimum Gasteiger partial charge on any atom is -0.497 e. The Morgan fingerprint density at radius 2 is 1.77 bits per heavy atom. The van der Waals surface area contributed by atoms with E-state index in [4.69, 9.17) is 16.3 Å². The van der Waals surface area contributed by atoms with Crippen LogP contribution in [-0.4, -0.2) is 33.5 Å². The summed E-state index contributed by atoms with van der Waals surface area (Å²) in [7, 11) is 1.57. The van der Waals surface area contributed by atoms with Gasteiger partial charge in [-0.3, -0.25) is 9.36 Å². The van der Waals surface area contributed by atoms with Crippen LogP contribution in [0.1, 0.15) is 5.56 Å². The molecule has 11 heteroatoms. The lowest BCUT2D eigenvalue weighted by molar-refractivity contribution is -0.137. The molecule has 0 bridgehead atoms. The summed E-state index contributed by atoms with van der Waals surface area (Å²) in [5.41, 5.74) is 0.548. The summed E-state index contributed by atoms with van der Waals surface area (Å²) in [6, 6.07) is 19.4. The Labute approximate surface area is 208 Å². The number of anilines is 1. The number of ether oxygens (including phenoxy) is 1. The minimum absolute atomic E-state index is 0.00381. The number of halogens is 4. The van der Waals surface area contributed by atoms with Gasteiger partial charge in [0, 0.05) is 11.3 Å². The maximum absolute atomic E-state index is 13.0. The largest absolute Gasteiger partial charge is 0.497 e. The second kappa shape index (κ2) is 10.4. The molecule has 0 unspecified atom stereocenters. The highest BCUT2D eigenvalue weighted by Crippen LogP contribution is 2.34. The zero-order valence-corrected chi connectivity index (χ0v) is 19.8. The van der Waals surface area contributed by atoms with Crippen LogP contribution in [-0.2, 0) is 11.0 Å². The average Bonchev–Trinajstić information content (AvgIpc) is 3.28. The van der Waals surface area contributed by atoms with E-state index in [1.807, 2.05) is 42.5 Å². The van der Waals surface area contributed by atoms with Gasteiger partial charge >= 0.3 is 6.18 Å². The average molecular weight is 519 g/mol. The molecule has 1 aromatic heterocycles. The van der Waals surface area contributed by atoms with Gasteiger partial charge in [0.2, 0.25) is 5.91 Å².